The smallest absolute Gasteiger partial charge is 0.258 e. The molecule has 0 unspecified atom stereocenters. The predicted molar refractivity (Wildman–Crippen MR) is 111 cm³/mol. The SMILES string of the molecule is Cc1nc(C2=C(N)CN(C(=O)c3ccccc3O[C@H]3COC[C@@H]3O)C2)nc(C)c1Cl. The van der Waals surface area contributed by atoms with E-state index in [1.807, 2.05) is 13.8 Å². The molecule has 1 aromatic heterocycles. The second kappa shape index (κ2) is 8.22. The van der Waals surface area contributed by atoms with E-state index in [1.54, 1.807) is 29.2 Å². The first-order valence-corrected chi connectivity index (χ1v) is 10.0. The Morgan fingerprint density at radius 3 is 2.60 bits per heavy atom. The fraction of sp³-hybridized carbons (Fsp3) is 0.381. The molecule has 0 radical (unpaired) electrons. The molecule has 1 fully saturated rings. The lowest BCUT2D eigenvalue weighted by Crippen LogP contribution is -2.33. The molecule has 0 aliphatic carbocycles. The molecule has 3 heterocycles. The van der Waals surface area contributed by atoms with Gasteiger partial charge in [-0.1, -0.05) is 23.7 Å². The zero-order valence-electron chi connectivity index (χ0n) is 16.8. The van der Waals surface area contributed by atoms with Gasteiger partial charge in [-0.15, -0.1) is 0 Å². The minimum Gasteiger partial charge on any atom is -0.484 e. The van der Waals surface area contributed by atoms with E-state index in [0.717, 1.165) is 0 Å². The summed E-state index contributed by atoms with van der Waals surface area (Å²) in [6, 6.07) is 6.95. The molecular formula is C21H23ClN4O4. The Morgan fingerprint density at radius 2 is 1.93 bits per heavy atom. The Labute approximate surface area is 179 Å². The number of hydrogen-bond acceptors (Lipinski definition) is 7. The number of aliphatic hydroxyl groups excluding tert-OH is 1. The average Bonchev–Trinajstić information content (AvgIpc) is 3.31. The van der Waals surface area contributed by atoms with E-state index in [-0.39, 0.29) is 32.2 Å². The minimum absolute atomic E-state index is 0.219. The van der Waals surface area contributed by atoms with Crippen molar-refractivity contribution in [1.29, 1.82) is 0 Å². The summed E-state index contributed by atoms with van der Waals surface area (Å²) in [6.07, 6.45) is -1.23. The fourth-order valence-corrected chi connectivity index (χ4v) is 3.64. The van der Waals surface area contributed by atoms with Gasteiger partial charge in [-0.25, -0.2) is 9.97 Å². The van der Waals surface area contributed by atoms with Crippen LogP contribution in [0.25, 0.3) is 5.57 Å². The van der Waals surface area contributed by atoms with Crippen molar-refractivity contribution in [3.63, 3.8) is 0 Å². The number of carbonyl (C=O) groups excluding carboxylic acids is 1. The zero-order chi connectivity index (χ0) is 21.4. The van der Waals surface area contributed by atoms with E-state index in [4.69, 9.17) is 26.8 Å². The highest BCUT2D eigenvalue weighted by atomic mass is 35.5. The van der Waals surface area contributed by atoms with Crippen LogP contribution in [0.3, 0.4) is 0 Å². The van der Waals surface area contributed by atoms with Crippen LogP contribution in [0.2, 0.25) is 5.02 Å². The van der Waals surface area contributed by atoms with Gasteiger partial charge in [0.15, 0.2) is 5.82 Å². The summed E-state index contributed by atoms with van der Waals surface area (Å²) < 4.78 is 11.1. The lowest BCUT2D eigenvalue weighted by molar-refractivity contribution is 0.0686. The largest absolute Gasteiger partial charge is 0.484 e. The van der Waals surface area contributed by atoms with Gasteiger partial charge < -0.3 is 25.2 Å². The fourth-order valence-electron chi connectivity index (χ4n) is 3.56. The topological polar surface area (TPSA) is 111 Å². The van der Waals surface area contributed by atoms with Gasteiger partial charge in [0.1, 0.15) is 18.0 Å². The molecule has 0 saturated carbocycles. The van der Waals surface area contributed by atoms with Crippen LogP contribution in [0.5, 0.6) is 5.75 Å². The van der Waals surface area contributed by atoms with Crippen molar-refractivity contribution in [3.05, 3.63) is 57.8 Å². The Bertz CT molecular complexity index is 1000. The molecule has 8 nitrogen and oxygen atoms in total. The van der Waals surface area contributed by atoms with Crippen LogP contribution in [0.15, 0.2) is 30.0 Å². The molecule has 1 amide bonds. The van der Waals surface area contributed by atoms with E-state index in [0.29, 0.717) is 44.8 Å². The van der Waals surface area contributed by atoms with Crippen molar-refractivity contribution in [2.75, 3.05) is 26.3 Å². The third-order valence-electron chi connectivity index (χ3n) is 5.23. The molecule has 2 aliphatic heterocycles. The first-order valence-electron chi connectivity index (χ1n) is 9.64. The molecule has 1 aromatic carbocycles. The van der Waals surface area contributed by atoms with Crippen molar-refractivity contribution in [2.24, 2.45) is 5.73 Å². The van der Waals surface area contributed by atoms with Crippen LogP contribution in [-0.4, -0.2) is 64.4 Å². The number of para-hydroxylation sites is 1. The van der Waals surface area contributed by atoms with Gasteiger partial charge in [0.05, 0.1) is 48.3 Å². The zero-order valence-corrected chi connectivity index (χ0v) is 17.5. The van der Waals surface area contributed by atoms with E-state index in [9.17, 15) is 9.90 Å². The molecule has 4 rings (SSSR count). The predicted octanol–water partition coefficient (Wildman–Crippen LogP) is 1.71. The molecule has 158 valence electrons. The van der Waals surface area contributed by atoms with Gasteiger partial charge in [0, 0.05) is 11.3 Å². The number of aromatic nitrogens is 2. The number of rotatable bonds is 4. The number of aryl methyl sites for hydroxylation is 2. The molecule has 1 saturated heterocycles. The first-order chi connectivity index (χ1) is 14.3. The second-order valence-corrected chi connectivity index (χ2v) is 7.83. The second-order valence-electron chi connectivity index (χ2n) is 7.45. The van der Waals surface area contributed by atoms with Crippen LogP contribution in [-0.2, 0) is 4.74 Å². The molecule has 2 aromatic rings. The molecule has 30 heavy (non-hydrogen) atoms. The number of benzene rings is 1. The van der Waals surface area contributed by atoms with Crippen molar-refractivity contribution in [3.8, 4) is 5.75 Å². The summed E-state index contributed by atoms with van der Waals surface area (Å²) in [5, 5.41) is 10.5. The highest BCUT2D eigenvalue weighted by Crippen LogP contribution is 2.29. The van der Waals surface area contributed by atoms with Gasteiger partial charge in [-0.05, 0) is 26.0 Å². The number of nitrogens with zero attached hydrogens (tertiary/aromatic N) is 3. The number of ether oxygens (including phenoxy) is 2. The summed E-state index contributed by atoms with van der Waals surface area (Å²) in [5.74, 6) is 0.663. The number of amides is 1. The van der Waals surface area contributed by atoms with Gasteiger partial charge in [-0.3, -0.25) is 4.79 Å². The lowest BCUT2D eigenvalue weighted by Gasteiger charge is -2.21. The van der Waals surface area contributed by atoms with Gasteiger partial charge >= 0.3 is 0 Å². The maximum absolute atomic E-state index is 13.2. The maximum Gasteiger partial charge on any atom is 0.258 e. The van der Waals surface area contributed by atoms with Crippen molar-refractivity contribution >= 4 is 23.1 Å². The van der Waals surface area contributed by atoms with Gasteiger partial charge in [0.25, 0.3) is 5.91 Å². The van der Waals surface area contributed by atoms with E-state index < -0.39 is 12.2 Å². The van der Waals surface area contributed by atoms with E-state index in [2.05, 4.69) is 9.97 Å². The van der Waals surface area contributed by atoms with Gasteiger partial charge in [-0.2, -0.15) is 0 Å². The van der Waals surface area contributed by atoms with Crippen molar-refractivity contribution in [2.45, 2.75) is 26.1 Å². The molecule has 2 atom stereocenters. The number of halogens is 1. The van der Waals surface area contributed by atoms with E-state index >= 15 is 0 Å². The van der Waals surface area contributed by atoms with Crippen LogP contribution >= 0.6 is 11.6 Å². The third-order valence-corrected chi connectivity index (χ3v) is 5.78. The molecule has 9 heteroatoms. The number of aliphatic hydroxyl groups is 1. The number of nitrogens with two attached hydrogens (primary N) is 1. The Morgan fingerprint density at radius 1 is 1.23 bits per heavy atom. The van der Waals surface area contributed by atoms with Gasteiger partial charge in [0.2, 0.25) is 0 Å². The summed E-state index contributed by atoms with van der Waals surface area (Å²) in [5.41, 5.74) is 9.22. The maximum atomic E-state index is 13.2. The van der Waals surface area contributed by atoms with Crippen molar-refractivity contribution in [1.82, 2.24) is 14.9 Å². The Hall–Kier alpha value is -2.68. The Kier molecular flexibility index (Phi) is 5.64. The molecule has 3 N–H and O–H groups in total. The highest BCUT2D eigenvalue weighted by molar-refractivity contribution is 6.31. The third kappa shape index (κ3) is 3.86. The van der Waals surface area contributed by atoms with Crippen LogP contribution in [0.4, 0.5) is 0 Å². The average molecular weight is 431 g/mol. The molecular weight excluding hydrogens is 408 g/mol. The lowest BCUT2D eigenvalue weighted by atomic mass is 10.1. The molecule has 2 aliphatic rings. The van der Waals surface area contributed by atoms with Crippen LogP contribution in [0, 0.1) is 13.8 Å². The normalized spacial score (nSPS) is 21.4. The summed E-state index contributed by atoms with van der Waals surface area (Å²) in [7, 11) is 0. The van der Waals surface area contributed by atoms with Crippen LogP contribution in [0.1, 0.15) is 27.6 Å². The first kappa shape index (κ1) is 20.6. The highest BCUT2D eigenvalue weighted by Gasteiger charge is 2.32. The van der Waals surface area contributed by atoms with E-state index in [1.165, 1.54) is 0 Å². The number of hydrogen-bond donors (Lipinski definition) is 2. The Balaban J connectivity index is 1.55. The quantitative estimate of drug-likeness (QED) is 0.759. The van der Waals surface area contributed by atoms with Crippen LogP contribution < -0.4 is 10.5 Å². The summed E-state index contributed by atoms with van der Waals surface area (Å²) in [6.45, 7) is 4.67. The van der Waals surface area contributed by atoms with Crippen molar-refractivity contribution < 1.29 is 19.4 Å². The molecule has 0 bridgehead atoms. The molecule has 0 spiro atoms. The summed E-state index contributed by atoms with van der Waals surface area (Å²) in [4.78, 5) is 23.7. The summed E-state index contributed by atoms with van der Waals surface area (Å²) >= 11 is 6.17. The number of carbonyl (C=O) groups is 1. The minimum atomic E-state index is -0.725. The standard InChI is InChI=1S/C21H23ClN4O4/c1-11-19(22)12(2)25-20(24-11)14-7-26(8-15(14)23)21(28)13-5-3-4-6-17(13)30-18-10-29-9-16(18)27/h3-6,16,18,27H,7-10,23H2,1-2H3/t16-,18-/m0/s1. The monoisotopic (exact) mass is 430 g/mol.